The Balaban J connectivity index is 3.01. The van der Waals surface area contributed by atoms with E-state index in [4.69, 9.17) is 0 Å². The average Bonchev–Trinajstić information content (AvgIpc) is 2.40. The molecule has 0 spiro atoms. The van der Waals surface area contributed by atoms with Gasteiger partial charge in [0.05, 0.1) is 6.04 Å². The zero-order valence-electron chi connectivity index (χ0n) is 14.2. The molecule has 1 heteroatoms. The number of benzene rings is 1. The second-order valence-corrected chi connectivity index (χ2v) is 6.41. The number of nitrogens with zero attached hydrogens (tertiary/aromatic N) is 1. The van der Waals surface area contributed by atoms with Gasteiger partial charge in [0.1, 0.15) is 0 Å². The van der Waals surface area contributed by atoms with Crippen LogP contribution in [0, 0.1) is 30.6 Å². The molecular weight excluding hydrogens is 254 g/mol. The molecule has 21 heavy (non-hydrogen) atoms. The summed E-state index contributed by atoms with van der Waals surface area (Å²) in [4.78, 5) is 2.44. The summed E-state index contributed by atoms with van der Waals surface area (Å²) in [5.41, 5.74) is 2.37. The Morgan fingerprint density at radius 2 is 1.86 bits per heavy atom. The SMILES string of the molecule is C=CCN(CC(C)C)C(C#Cc1ccccc1C)C(C)C. The van der Waals surface area contributed by atoms with Crippen LogP contribution < -0.4 is 0 Å². The molecule has 0 saturated heterocycles. The fraction of sp³-hybridized carbons (Fsp3) is 0.500. The number of hydrogen-bond acceptors (Lipinski definition) is 1. The van der Waals surface area contributed by atoms with Crippen molar-refractivity contribution in [2.24, 2.45) is 11.8 Å². The highest BCUT2D eigenvalue weighted by molar-refractivity contribution is 5.41. The molecule has 0 N–H and O–H groups in total. The highest BCUT2D eigenvalue weighted by atomic mass is 15.1. The molecule has 114 valence electrons. The van der Waals surface area contributed by atoms with Gasteiger partial charge in [0.15, 0.2) is 0 Å². The van der Waals surface area contributed by atoms with Gasteiger partial charge in [-0.3, -0.25) is 4.90 Å². The van der Waals surface area contributed by atoms with Gasteiger partial charge in [-0.2, -0.15) is 0 Å². The van der Waals surface area contributed by atoms with Crippen LogP contribution in [0.1, 0.15) is 38.8 Å². The topological polar surface area (TPSA) is 3.24 Å². The minimum Gasteiger partial charge on any atom is -0.286 e. The predicted octanol–water partition coefficient (Wildman–Crippen LogP) is 4.52. The summed E-state index contributed by atoms with van der Waals surface area (Å²) >= 11 is 0. The Labute approximate surface area is 131 Å². The maximum atomic E-state index is 3.89. The predicted molar refractivity (Wildman–Crippen MR) is 93.3 cm³/mol. The third kappa shape index (κ3) is 5.78. The molecule has 1 rings (SSSR count). The first-order valence-electron chi connectivity index (χ1n) is 7.87. The first kappa shape index (κ1) is 17.5. The first-order chi connectivity index (χ1) is 9.95. The Kier molecular flexibility index (Phi) is 7.26. The van der Waals surface area contributed by atoms with Crippen molar-refractivity contribution in [3.05, 3.63) is 48.0 Å². The Bertz CT molecular complexity index is 502. The lowest BCUT2D eigenvalue weighted by atomic mass is 10.00. The monoisotopic (exact) mass is 283 g/mol. The molecular formula is C20H29N. The molecule has 0 fully saturated rings. The van der Waals surface area contributed by atoms with E-state index in [1.54, 1.807) is 0 Å². The lowest BCUT2D eigenvalue weighted by Crippen LogP contribution is -2.40. The van der Waals surface area contributed by atoms with Gasteiger partial charge in [-0.05, 0) is 30.4 Å². The van der Waals surface area contributed by atoms with Gasteiger partial charge < -0.3 is 0 Å². The van der Waals surface area contributed by atoms with E-state index in [0.717, 1.165) is 18.7 Å². The van der Waals surface area contributed by atoms with Crippen LogP contribution in [0.2, 0.25) is 0 Å². The van der Waals surface area contributed by atoms with Crippen molar-refractivity contribution in [3.8, 4) is 11.8 Å². The molecule has 0 aliphatic carbocycles. The summed E-state index contributed by atoms with van der Waals surface area (Å²) in [6, 6.07) is 8.59. The van der Waals surface area contributed by atoms with Crippen molar-refractivity contribution in [2.75, 3.05) is 13.1 Å². The van der Waals surface area contributed by atoms with Crippen LogP contribution in [0.15, 0.2) is 36.9 Å². The molecule has 1 aromatic rings. The maximum Gasteiger partial charge on any atom is 0.0744 e. The number of rotatable bonds is 6. The summed E-state index contributed by atoms with van der Waals surface area (Å²) in [5, 5.41) is 0. The molecule has 0 aliphatic heterocycles. The molecule has 0 heterocycles. The molecule has 0 bridgehead atoms. The van der Waals surface area contributed by atoms with Crippen LogP contribution in [0.25, 0.3) is 0 Å². The summed E-state index contributed by atoms with van der Waals surface area (Å²) in [7, 11) is 0. The van der Waals surface area contributed by atoms with E-state index in [0.29, 0.717) is 11.8 Å². The highest BCUT2D eigenvalue weighted by Crippen LogP contribution is 2.13. The second kappa shape index (κ2) is 8.70. The van der Waals surface area contributed by atoms with Crippen molar-refractivity contribution in [2.45, 2.75) is 40.7 Å². The molecule has 1 atom stereocenters. The van der Waals surface area contributed by atoms with Crippen LogP contribution in [0.4, 0.5) is 0 Å². The fourth-order valence-electron chi connectivity index (χ4n) is 2.48. The quantitative estimate of drug-likeness (QED) is 0.548. The lowest BCUT2D eigenvalue weighted by Gasteiger charge is -2.31. The molecule has 0 amide bonds. The van der Waals surface area contributed by atoms with E-state index < -0.39 is 0 Å². The normalized spacial score (nSPS) is 12.4. The minimum atomic E-state index is 0.269. The molecule has 0 saturated carbocycles. The van der Waals surface area contributed by atoms with Crippen LogP contribution in [0.3, 0.4) is 0 Å². The van der Waals surface area contributed by atoms with E-state index in [1.807, 2.05) is 6.08 Å². The van der Waals surface area contributed by atoms with Gasteiger partial charge in [0.2, 0.25) is 0 Å². The summed E-state index contributed by atoms with van der Waals surface area (Å²) < 4.78 is 0. The molecule has 0 aromatic heterocycles. The second-order valence-electron chi connectivity index (χ2n) is 6.41. The van der Waals surface area contributed by atoms with Gasteiger partial charge in [-0.15, -0.1) is 6.58 Å². The summed E-state index contributed by atoms with van der Waals surface area (Å²) in [6.07, 6.45) is 1.98. The zero-order valence-corrected chi connectivity index (χ0v) is 14.2. The molecule has 1 unspecified atom stereocenters. The summed E-state index contributed by atoms with van der Waals surface area (Å²) in [6.45, 7) is 16.9. The minimum absolute atomic E-state index is 0.269. The Hall–Kier alpha value is -1.52. The average molecular weight is 283 g/mol. The smallest absolute Gasteiger partial charge is 0.0744 e. The van der Waals surface area contributed by atoms with E-state index in [-0.39, 0.29) is 6.04 Å². The van der Waals surface area contributed by atoms with Crippen LogP contribution >= 0.6 is 0 Å². The van der Waals surface area contributed by atoms with Gasteiger partial charge in [-0.25, -0.2) is 0 Å². The summed E-state index contributed by atoms with van der Waals surface area (Å²) in [5.74, 6) is 8.01. The van der Waals surface area contributed by atoms with Crippen LogP contribution in [0.5, 0.6) is 0 Å². The number of aryl methyl sites for hydroxylation is 1. The zero-order chi connectivity index (χ0) is 15.8. The highest BCUT2D eigenvalue weighted by Gasteiger charge is 2.19. The maximum absolute atomic E-state index is 3.89. The molecule has 1 nitrogen and oxygen atoms in total. The largest absolute Gasteiger partial charge is 0.286 e. The van der Waals surface area contributed by atoms with Gasteiger partial charge in [0.25, 0.3) is 0 Å². The molecule has 0 aliphatic rings. The van der Waals surface area contributed by atoms with E-state index >= 15 is 0 Å². The third-order valence-corrected chi connectivity index (χ3v) is 3.49. The molecule has 1 aromatic carbocycles. The van der Waals surface area contributed by atoms with Gasteiger partial charge in [-0.1, -0.05) is 63.8 Å². The van der Waals surface area contributed by atoms with Gasteiger partial charge in [0, 0.05) is 18.7 Å². The van der Waals surface area contributed by atoms with Crippen LogP contribution in [-0.4, -0.2) is 24.0 Å². The van der Waals surface area contributed by atoms with Gasteiger partial charge >= 0.3 is 0 Å². The van der Waals surface area contributed by atoms with E-state index in [9.17, 15) is 0 Å². The van der Waals surface area contributed by atoms with E-state index in [1.165, 1.54) is 5.56 Å². The first-order valence-corrected chi connectivity index (χ1v) is 7.87. The lowest BCUT2D eigenvalue weighted by molar-refractivity contribution is 0.195. The van der Waals surface area contributed by atoms with Crippen molar-refractivity contribution in [3.63, 3.8) is 0 Å². The van der Waals surface area contributed by atoms with Crippen molar-refractivity contribution >= 4 is 0 Å². The third-order valence-electron chi connectivity index (χ3n) is 3.49. The Morgan fingerprint density at radius 3 is 2.38 bits per heavy atom. The van der Waals surface area contributed by atoms with Crippen LogP contribution in [-0.2, 0) is 0 Å². The van der Waals surface area contributed by atoms with Crippen molar-refractivity contribution < 1.29 is 0 Å². The van der Waals surface area contributed by atoms with Crippen molar-refractivity contribution in [1.29, 1.82) is 0 Å². The fourth-order valence-corrected chi connectivity index (χ4v) is 2.48. The van der Waals surface area contributed by atoms with Crippen molar-refractivity contribution in [1.82, 2.24) is 4.90 Å². The molecule has 0 radical (unpaired) electrons. The number of hydrogen-bond donors (Lipinski definition) is 0. The standard InChI is InChI=1S/C20H29N/c1-7-14-21(15-16(2)3)20(17(4)5)13-12-19-11-9-8-10-18(19)6/h7-11,16-17,20H,1,14-15H2,2-6H3. The Morgan fingerprint density at radius 1 is 1.19 bits per heavy atom. The van der Waals surface area contributed by atoms with E-state index in [2.05, 4.69) is 82.2 Å².